The number of hydrogen-bond acceptors (Lipinski definition) is 6. The Morgan fingerprint density at radius 2 is 0.482 bits per heavy atom. The zero-order valence-electron chi connectivity index (χ0n) is 54.2. The van der Waals surface area contributed by atoms with Crippen molar-refractivity contribution in [3.05, 3.63) is 134 Å². The minimum absolute atomic E-state index is 0.103. The van der Waals surface area contributed by atoms with Crippen LogP contribution in [0.2, 0.25) is 0 Å². The summed E-state index contributed by atoms with van der Waals surface area (Å²) in [5.41, 5.74) is 0. The van der Waals surface area contributed by atoms with E-state index in [2.05, 4.69) is 154 Å². The van der Waals surface area contributed by atoms with Crippen molar-refractivity contribution in [2.75, 3.05) is 13.2 Å². The number of rotatable bonds is 62. The van der Waals surface area contributed by atoms with Crippen molar-refractivity contribution in [1.82, 2.24) is 0 Å². The minimum atomic E-state index is -0.812. The number of unbranched alkanes of at least 4 members (excludes halogenated alkanes) is 29. The minimum Gasteiger partial charge on any atom is -0.462 e. The van der Waals surface area contributed by atoms with Gasteiger partial charge in [0.05, 0.1) is 0 Å². The summed E-state index contributed by atoms with van der Waals surface area (Å²) in [7, 11) is 0. The smallest absolute Gasteiger partial charge is 0.306 e. The van der Waals surface area contributed by atoms with Gasteiger partial charge in [-0.1, -0.05) is 296 Å². The van der Waals surface area contributed by atoms with E-state index in [1.165, 1.54) is 154 Å². The van der Waals surface area contributed by atoms with Crippen molar-refractivity contribution >= 4 is 17.9 Å². The molecule has 0 saturated heterocycles. The van der Waals surface area contributed by atoms with Crippen LogP contribution in [0.5, 0.6) is 0 Å². The summed E-state index contributed by atoms with van der Waals surface area (Å²) < 4.78 is 16.9. The van der Waals surface area contributed by atoms with Crippen LogP contribution in [0.3, 0.4) is 0 Å². The van der Waals surface area contributed by atoms with Crippen LogP contribution in [0.15, 0.2) is 134 Å². The molecule has 0 bridgehead atoms. The van der Waals surface area contributed by atoms with Crippen LogP contribution in [0.25, 0.3) is 0 Å². The van der Waals surface area contributed by atoms with Crippen LogP contribution in [0.4, 0.5) is 0 Å². The largest absolute Gasteiger partial charge is 0.462 e. The molecule has 0 aromatic heterocycles. The molecule has 0 aliphatic heterocycles. The van der Waals surface area contributed by atoms with Crippen LogP contribution in [-0.4, -0.2) is 37.2 Å². The maximum absolute atomic E-state index is 12.9. The van der Waals surface area contributed by atoms with E-state index in [9.17, 15) is 14.4 Å². The standard InChI is InChI=1S/C77H128O6/c1-4-7-10-13-16-19-22-25-28-30-32-34-35-36-37-38-39-40-41-43-44-46-49-52-55-58-61-64-67-70-76(79)82-73-74(72-81-75(78)69-66-63-60-57-54-51-48-27-24-21-18-15-12-9-6-3)83-77(80)71-68-65-62-59-56-53-50-47-45-42-33-31-29-26-23-20-17-14-11-8-5-2/h7,10,16,19,25,27-28,31-34,36-37,39-40,43-44,48-49,52,58,61,74H,4-6,8-9,11-15,17-18,20-24,26,29-30,35,38,41-42,45-47,50-51,53-57,59-60,62-73H2,1-3H3/b10-7-,19-16-,28-25-,33-31-,34-32-,37-36-,40-39-,44-43-,48-27-,52-49-,61-58-. The number of carbonyl (C=O) groups excluding carboxylic acids is 3. The molecule has 0 saturated carbocycles. The Morgan fingerprint density at radius 3 is 0.795 bits per heavy atom. The third-order valence-corrected chi connectivity index (χ3v) is 14.6. The molecule has 472 valence electrons. The first-order valence-corrected chi connectivity index (χ1v) is 34.7. The Kier molecular flexibility index (Phi) is 66.3. The first kappa shape index (κ1) is 78.5. The molecule has 0 rings (SSSR count). The van der Waals surface area contributed by atoms with Crippen LogP contribution >= 0.6 is 0 Å². The molecule has 0 heterocycles. The number of hydrogen-bond donors (Lipinski definition) is 0. The molecule has 0 fully saturated rings. The number of esters is 3. The van der Waals surface area contributed by atoms with Crippen LogP contribution in [0, 0.1) is 0 Å². The van der Waals surface area contributed by atoms with Gasteiger partial charge in [0, 0.05) is 19.3 Å². The summed E-state index contributed by atoms with van der Waals surface area (Å²) in [5.74, 6) is -0.968. The van der Waals surface area contributed by atoms with Gasteiger partial charge in [-0.25, -0.2) is 0 Å². The zero-order chi connectivity index (χ0) is 59.9. The molecular formula is C77H128O6. The summed E-state index contributed by atoms with van der Waals surface area (Å²) in [4.78, 5) is 38.4. The molecule has 0 N–H and O–H groups in total. The van der Waals surface area contributed by atoms with Crippen molar-refractivity contribution in [2.24, 2.45) is 0 Å². The Labute approximate surface area is 513 Å². The van der Waals surface area contributed by atoms with E-state index in [1.807, 2.05) is 0 Å². The van der Waals surface area contributed by atoms with Gasteiger partial charge in [-0.15, -0.1) is 0 Å². The molecule has 6 heteroatoms. The Hall–Kier alpha value is -4.45. The molecule has 0 spiro atoms. The van der Waals surface area contributed by atoms with Gasteiger partial charge in [-0.3, -0.25) is 14.4 Å². The molecule has 6 nitrogen and oxygen atoms in total. The average Bonchev–Trinajstić information content (AvgIpc) is 3.49. The third kappa shape index (κ3) is 68.2. The number of carbonyl (C=O) groups is 3. The zero-order valence-corrected chi connectivity index (χ0v) is 54.2. The van der Waals surface area contributed by atoms with Gasteiger partial charge in [-0.05, 0) is 135 Å². The fourth-order valence-corrected chi connectivity index (χ4v) is 9.43. The van der Waals surface area contributed by atoms with Crippen molar-refractivity contribution in [3.8, 4) is 0 Å². The topological polar surface area (TPSA) is 78.9 Å². The Morgan fingerprint density at radius 1 is 0.253 bits per heavy atom. The highest BCUT2D eigenvalue weighted by atomic mass is 16.6. The van der Waals surface area contributed by atoms with E-state index in [0.717, 1.165) is 116 Å². The highest BCUT2D eigenvalue weighted by Crippen LogP contribution is 2.16. The second-order valence-electron chi connectivity index (χ2n) is 22.7. The highest BCUT2D eigenvalue weighted by molar-refractivity contribution is 5.71. The first-order valence-electron chi connectivity index (χ1n) is 34.7. The van der Waals surface area contributed by atoms with E-state index in [-0.39, 0.29) is 37.5 Å². The first-order chi connectivity index (χ1) is 41.0. The summed E-state index contributed by atoms with van der Waals surface area (Å²) in [6.45, 7) is 6.49. The van der Waals surface area contributed by atoms with Crippen LogP contribution < -0.4 is 0 Å². The van der Waals surface area contributed by atoms with Crippen LogP contribution in [-0.2, 0) is 28.6 Å². The predicted octanol–water partition coefficient (Wildman–Crippen LogP) is 24.1. The lowest BCUT2D eigenvalue weighted by atomic mass is 10.1. The van der Waals surface area contributed by atoms with Gasteiger partial charge >= 0.3 is 17.9 Å². The average molecular weight is 1150 g/mol. The molecule has 0 aliphatic rings. The molecule has 1 unspecified atom stereocenters. The van der Waals surface area contributed by atoms with Crippen molar-refractivity contribution in [3.63, 3.8) is 0 Å². The van der Waals surface area contributed by atoms with Gasteiger partial charge in [-0.2, -0.15) is 0 Å². The molecule has 0 aliphatic carbocycles. The Balaban J connectivity index is 4.46. The normalized spacial score (nSPS) is 13.0. The fourth-order valence-electron chi connectivity index (χ4n) is 9.43. The van der Waals surface area contributed by atoms with E-state index in [0.29, 0.717) is 19.3 Å². The number of ether oxygens (including phenoxy) is 3. The lowest BCUT2D eigenvalue weighted by Gasteiger charge is -2.18. The van der Waals surface area contributed by atoms with E-state index in [1.54, 1.807) is 0 Å². The molecular weight excluding hydrogens is 1020 g/mol. The van der Waals surface area contributed by atoms with Gasteiger partial charge in [0.2, 0.25) is 0 Å². The lowest BCUT2D eigenvalue weighted by Crippen LogP contribution is -2.30. The molecule has 0 aromatic rings. The van der Waals surface area contributed by atoms with Gasteiger partial charge in [0.25, 0.3) is 0 Å². The van der Waals surface area contributed by atoms with E-state index >= 15 is 0 Å². The molecule has 0 radical (unpaired) electrons. The van der Waals surface area contributed by atoms with Crippen molar-refractivity contribution in [1.29, 1.82) is 0 Å². The highest BCUT2D eigenvalue weighted by Gasteiger charge is 2.19. The van der Waals surface area contributed by atoms with Crippen molar-refractivity contribution in [2.45, 2.75) is 322 Å². The summed E-state index contributed by atoms with van der Waals surface area (Å²) in [5, 5.41) is 0. The lowest BCUT2D eigenvalue weighted by molar-refractivity contribution is -0.167. The number of allylic oxidation sites excluding steroid dienone is 22. The van der Waals surface area contributed by atoms with Gasteiger partial charge in [0.1, 0.15) is 13.2 Å². The molecule has 0 amide bonds. The summed E-state index contributed by atoms with van der Waals surface area (Å²) in [6, 6.07) is 0. The fraction of sp³-hybridized carbons (Fsp3) is 0.675. The molecule has 1 atom stereocenters. The summed E-state index contributed by atoms with van der Waals surface area (Å²) >= 11 is 0. The van der Waals surface area contributed by atoms with E-state index < -0.39 is 6.10 Å². The Bertz CT molecular complexity index is 1750. The van der Waals surface area contributed by atoms with E-state index in [4.69, 9.17) is 14.2 Å². The SMILES string of the molecule is CC/C=C\C/C=C\C/C=C\C/C=C\C/C=C\C/C=C\C/C=C\C/C=C\C/C=C\CCCC(=O)OCC(COC(=O)CCCCCCC/C=C\CCCCCCCC)OC(=O)CCCCCCCCCCC/C=C\CCCCCCCCCC. The summed E-state index contributed by atoms with van der Waals surface area (Å²) in [6.07, 6.45) is 99.0. The van der Waals surface area contributed by atoms with Gasteiger partial charge in [0.15, 0.2) is 6.10 Å². The maximum atomic E-state index is 12.9. The second kappa shape index (κ2) is 70.0. The predicted molar refractivity (Wildman–Crippen MR) is 362 cm³/mol. The van der Waals surface area contributed by atoms with Crippen LogP contribution in [0.1, 0.15) is 316 Å². The molecule has 0 aromatic carbocycles. The quantitative estimate of drug-likeness (QED) is 0.0261. The van der Waals surface area contributed by atoms with Gasteiger partial charge < -0.3 is 14.2 Å². The monoisotopic (exact) mass is 1150 g/mol. The maximum Gasteiger partial charge on any atom is 0.306 e. The van der Waals surface area contributed by atoms with Crippen molar-refractivity contribution < 1.29 is 28.6 Å². The second-order valence-corrected chi connectivity index (χ2v) is 22.7. The molecule has 83 heavy (non-hydrogen) atoms. The third-order valence-electron chi connectivity index (χ3n) is 14.6.